The van der Waals surface area contributed by atoms with E-state index in [0.29, 0.717) is 12.5 Å². The monoisotopic (exact) mass is 291 g/mol. The number of benzene rings is 1. The van der Waals surface area contributed by atoms with Crippen LogP contribution in [-0.4, -0.2) is 28.2 Å². The van der Waals surface area contributed by atoms with Crippen molar-refractivity contribution in [3.05, 3.63) is 29.8 Å². The van der Waals surface area contributed by atoms with Gasteiger partial charge in [0.15, 0.2) is 0 Å². The first-order chi connectivity index (χ1) is 9.76. The van der Waals surface area contributed by atoms with Crippen molar-refractivity contribution in [3.63, 3.8) is 0 Å². The zero-order chi connectivity index (χ0) is 15.6. The number of piperidine rings is 1. The highest BCUT2D eigenvalue weighted by atomic mass is 16.6. The van der Waals surface area contributed by atoms with Gasteiger partial charge in [-0.3, -0.25) is 0 Å². The lowest BCUT2D eigenvalue weighted by molar-refractivity contribution is 0.00364. The summed E-state index contributed by atoms with van der Waals surface area (Å²) < 4.78 is 5.54. The Morgan fingerprint density at radius 1 is 1.24 bits per heavy atom. The number of aromatic hydroxyl groups is 1. The van der Waals surface area contributed by atoms with Crippen molar-refractivity contribution in [2.75, 3.05) is 6.54 Å². The summed E-state index contributed by atoms with van der Waals surface area (Å²) in [4.78, 5) is 14.3. The zero-order valence-electron chi connectivity index (χ0n) is 13.3. The predicted octanol–water partition coefficient (Wildman–Crippen LogP) is 4.10. The van der Waals surface area contributed by atoms with Crippen LogP contribution in [0, 0.1) is 5.92 Å². The van der Waals surface area contributed by atoms with E-state index in [1.807, 2.05) is 37.8 Å². The van der Waals surface area contributed by atoms with Gasteiger partial charge in [0.25, 0.3) is 0 Å². The van der Waals surface area contributed by atoms with Gasteiger partial charge >= 0.3 is 6.09 Å². The summed E-state index contributed by atoms with van der Waals surface area (Å²) in [5, 5.41) is 9.42. The Balaban J connectivity index is 2.21. The molecule has 1 aliphatic rings. The fourth-order valence-electron chi connectivity index (χ4n) is 2.72. The number of phenolic OH excluding ortho intramolecular Hbond substituents is 1. The minimum atomic E-state index is -0.489. The third-order valence-electron chi connectivity index (χ3n) is 3.72. The number of hydrogen-bond acceptors (Lipinski definition) is 3. The molecule has 4 nitrogen and oxygen atoms in total. The Kier molecular flexibility index (Phi) is 4.45. The van der Waals surface area contributed by atoms with E-state index in [1.165, 1.54) is 0 Å². The van der Waals surface area contributed by atoms with Crippen LogP contribution in [-0.2, 0) is 4.74 Å². The molecule has 0 spiro atoms. The molecule has 1 fully saturated rings. The highest BCUT2D eigenvalue weighted by Crippen LogP contribution is 2.34. The Labute approximate surface area is 126 Å². The van der Waals surface area contributed by atoms with E-state index in [-0.39, 0.29) is 17.9 Å². The van der Waals surface area contributed by atoms with Crippen LogP contribution in [0.5, 0.6) is 5.75 Å². The Morgan fingerprint density at radius 3 is 2.43 bits per heavy atom. The fraction of sp³-hybridized carbons (Fsp3) is 0.588. The van der Waals surface area contributed by atoms with Gasteiger partial charge in [-0.25, -0.2) is 4.79 Å². The van der Waals surface area contributed by atoms with E-state index in [1.54, 1.807) is 12.1 Å². The molecule has 1 aromatic rings. The minimum Gasteiger partial charge on any atom is -0.508 e. The van der Waals surface area contributed by atoms with Gasteiger partial charge in [0, 0.05) is 6.54 Å². The standard InChI is InChI=1S/C17H25NO3/c1-12-5-10-15(13-6-8-14(19)9-7-13)18(11-12)16(20)21-17(2,3)4/h6-9,12,15,19H,5,10-11H2,1-4H3/t12-,15+/m0/s1. The van der Waals surface area contributed by atoms with Crippen LogP contribution in [0.1, 0.15) is 52.1 Å². The molecule has 0 unspecified atom stereocenters. The molecule has 1 aliphatic heterocycles. The smallest absolute Gasteiger partial charge is 0.410 e. The second-order valence-corrected chi connectivity index (χ2v) is 6.92. The van der Waals surface area contributed by atoms with Crippen LogP contribution in [0.25, 0.3) is 0 Å². The number of carbonyl (C=O) groups excluding carboxylic acids is 1. The molecule has 2 atom stereocenters. The number of hydrogen-bond donors (Lipinski definition) is 1. The molecule has 1 heterocycles. The van der Waals surface area contributed by atoms with Crippen molar-refractivity contribution in [2.24, 2.45) is 5.92 Å². The van der Waals surface area contributed by atoms with Gasteiger partial charge in [0.05, 0.1) is 6.04 Å². The number of nitrogens with zero attached hydrogens (tertiary/aromatic N) is 1. The Bertz CT molecular complexity index is 490. The summed E-state index contributed by atoms with van der Waals surface area (Å²) in [6, 6.07) is 7.12. The Hall–Kier alpha value is -1.71. The van der Waals surface area contributed by atoms with Crippen molar-refractivity contribution in [3.8, 4) is 5.75 Å². The van der Waals surface area contributed by atoms with E-state index < -0.39 is 5.60 Å². The minimum absolute atomic E-state index is 0.0247. The number of phenols is 1. The van der Waals surface area contributed by atoms with Crippen molar-refractivity contribution < 1.29 is 14.6 Å². The second kappa shape index (κ2) is 5.96. The maximum atomic E-state index is 12.5. The van der Waals surface area contributed by atoms with Crippen molar-refractivity contribution >= 4 is 6.09 Å². The van der Waals surface area contributed by atoms with Crippen LogP contribution in [0.4, 0.5) is 4.79 Å². The van der Waals surface area contributed by atoms with Crippen LogP contribution < -0.4 is 0 Å². The molecule has 1 aromatic carbocycles. The lowest BCUT2D eigenvalue weighted by Crippen LogP contribution is -2.44. The fourth-order valence-corrected chi connectivity index (χ4v) is 2.72. The Morgan fingerprint density at radius 2 is 1.86 bits per heavy atom. The van der Waals surface area contributed by atoms with Crippen LogP contribution in [0.15, 0.2) is 24.3 Å². The van der Waals surface area contributed by atoms with Gasteiger partial charge in [-0.1, -0.05) is 19.1 Å². The van der Waals surface area contributed by atoms with E-state index >= 15 is 0 Å². The van der Waals surface area contributed by atoms with Crippen LogP contribution in [0.2, 0.25) is 0 Å². The highest BCUT2D eigenvalue weighted by molar-refractivity contribution is 5.69. The van der Waals surface area contributed by atoms with E-state index in [2.05, 4.69) is 6.92 Å². The van der Waals surface area contributed by atoms with Gasteiger partial charge in [0.1, 0.15) is 11.4 Å². The summed E-state index contributed by atoms with van der Waals surface area (Å²) in [6.07, 6.45) is 1.75. The summed E-state index contributed by atoms with van der Waals surface area (Å²) >= 11 is 0. The quantitative estimate of drug-likeness (QED) is 0.847. The lowest BCUT2D eigenvalue weighted by atomic mass is 9.90. The molecule has 2 rings (SSSR count). The summed E-state index contributed by atoms with van der Waals surface area (Å²) in [5.74, 6) is 0.720. The first kappa shape index (κ1) is 15.7. The maximum Gasteiger partial charge on any atom is 0.410 e. The summed E-state index contributed by atoms with van der Waals surface area (Å²) in [6.45, 7) is 8.51. The van der Waals surface area contributed by atoms with Crippen molar-refractivity contribution in [1.29, 1.82) is 0 Å². The molecule has 0 aromatic heterocycles. The largest absolute Gasteiger partial charge is 0.508 e. The third kappa shape index (κ3) is 4.13. The summed E-state index contributed by atoms with van der Waals surface area (Å²) in [7, 11) is 0. The van der Waals surface area contributed by atoms with E-state index in [0.717, 1.165) is 18.4 Å². The number of amides is 1. The van der Waals surface area contributed by atoms with Gasteiger partial charge in [-0.15, -0.1) is 0 Å². The number of rotatable bonds is 1. The number of likely N-dealkylation sites (tertiary alicyclic amines) is 1. The normalized spacial score (nSPS) is 23.0. The van der Waals surface area contributed by atoms with Crippen LogP contribution in [0.3, 0.4) is 0 Å². The molecule has 1 amide bonds. The van der Waals surface area contributed by atoms with E-state index in [4.69, 9.17) is 4.74 Å². The van der Waals surface area contributed by atoms with Crippen molar-refractivity contribution in [1.82, 2.24) is 4.90 Å². The molecule has 21 heavy (non-hydrogen) atoms. The SMILES string of the molecule is C[C@H]1CC[C@H](c2ccc(O)cc2)N(C(=O)OC(C)(C)C)C1. The molecule has 116 valence electrons. The van der Waals surface area contributed by atoms with Crippen LogP contribution >= 0.6 is 0 Å². The molecule has 1 N–H and O–H groups in total. The van der Waals surface area contributed by atoms with Gasteiger partial charge in [0.2, 0.25) is 0 Å². The maximum absolute atomic E-state index is 12.5. The molecular weight excluding hydrogens is 266 g/mol. The van der Waals surface area contributed by atoms with Crippen molar-refractivity contribution in [2.45, 2.75) is 52.2 Å². The highest BCUT2D eigenvalue weighted by Gasteiger charge is 2.33. The third-order valence-corrected chi connectivity index (χ3v) is 3.72. The zero-order valence-corrected chi connectivity index (χ0v) is 13.3. The van der Waals surface area contributed by atoms with Gasteiger partial charge in [-0.2, -0.15) is 0 Å². The predicted molar refractivity (Wildman–Crippen MR) is 82.2 cm³/mol. The topological polar surface area (TPSA) is 49.8 Å². The molecule has 0 radical (unpaired) electrons. The average Bonchev–Trinajstić information content (AvgIpc) is 2.38. The molecule has 0 saturated carbocycles. The molecule has 0 bridgehead atoms. The lowest BCUT2D eigenvalue weighted by Gasteiger charge is -2.39. The number of ether oxygens (including phenoxy) is 1. The molecule has 0 aliphatic carbocycles. The average molecular weight is 291 g/mol. The summed E-state index contributed by atoms with van der Waals surface area (Å²) in [5.41, 5.74) is 0.558. The molecule has 4 heteroatoms. The molecular formula is C17H25NO3. The first-order valence-corrected chi connectivity index (χ1v) is 7.55. The number of carbonyl (C=O) groups is 1. The second-order valence-electron chi connectivity index (χ2n) is 6.92. The van der Waals surface area contributed by atoms with Gasteiger partial charge < -0.3 is 14.7 Å². The van der Waals surface area contributed by atoms with E-state index in [9.17, 15) is 9.90 Å². The molecule has 1 saturated heterocycles. The van der Waals surface area contributed by atoms with Gasteiger partial charge in [-0.05, 0) is 57.2 Å². The first-order valence-electron chi connectivity index (χ1n) is 7.55.